The Labute approximate surface area is 138 Å². The monoisotopic (exact) mass is 314 g/mol. The van der Waals surface area contributed by atoms with Crippen LogP contribution in [0.3, 0.4) is 0 Å². The van der Waals surface area contributed by atoms with Gasteiger partial charge < -0.3 is 20.3 Å². The number of nitrogens with zero attached hydrogens (tertiary/aromatic N) is 2. The van der Waals surface area contributed by atoms with Gasteiger partial charge in [-0.3, -0.25) is 0 Å². The van der Waals surface area contributed by atoms with Crippen molar-refractivity contribution in [2.45, 2.75) is 26.0 Å². The van der Waals surface area contributed by atoms with E-state index < -0.39 is 6.10 Å². The summed E-state index contributed by atoms with van der Waals surface area (Å²) in [5.41, 5.74) is 2.29. The van der Waals surface area contributed by atoms with Gasteiger partial charge in [0.2, 0.25) is 0 Å². The molecule has 0 saturated carbocycles. The molecule has 0 bridgehead atoms. The van der Waals surface area contributed by atoms with Gasteiger partial charge in [0.05, 0.1) is 12.6 Å². The van der Waals surface area contributed by atoms with Gasteiger partial charge in [0, 0.05) is 39.0 Å². The quantitative estimate of drug-likeness (QED) is 0.538. The lowest BCUT2D eigenvalue weighted by Crippen LogP contribution is -2.41. The second-order valence-electron chi connectivity index (χ2n) is 5.60. The SMILES string of the molecule is CCNC(=NCc1ccn(C)c1)NCC(O)Cc1ccccc1. The van der Waals surface area contributed by atoms with Crippen molar-refractivity contribution in [2.24, 2.45) is 12.0 Å². The number of aromatic nitrogens is 1. The Morgan fingerprint density at radius 3 is 2.61 bits per heavy atom. The molecule has 0 amide bonds. The zero-order chi connectivity index (χ0) is 16.5. The highest BCUT2D eigenvalue weighted by molar-refractivity contribution is 5.79. The van der Waals surface area contributed by atoms with Crippen LogP contribution in [0.2, 0.25) is 0 Å². The Hall–Kier alpha value is -2.27. The van der Waals surface area contributed by atoms with Gasteiger partial charge >= 0.3 is 0 Å². The van der Waals surface area contributed by atoms with Crippen LogP contribution in [0.1, 0.15) is 18.1 Å². The van der Waals surface area contributed by atoms with E-state index in [0.717, 1.165) is 23.6 Å². The van der Waals surface area contributed by atoms with Crippen molar-refractivity contribution in [2.75, 3.05) is 13.1 Å². The third kappa shape index (κ3) is 6.16. The fraction of sp³-hybridized carbons (Fsp3) is 0.389. The molecule has 1 unspecified atom stereocenters. The van der Waals surface area contributed by atoms with Crippen molar-refractivity contribution >= 4 is 5.96 Å². The molecule has 1 aromatic carbocycles. The summed E-state index contributed by atoms with van der Waals surface area (Å²) < 4.78 is 2.01. The van der Waals surface area contributed by atoms with Crippen molar-refractivity contribution in [1.29, 1.82) is 0 Å². The van der Waals surface area contributed by atoms with Crippen LogP contribution >= 0.6 is 0 Å². The predicted molar refractivity (Wildman–Crippen MR) is 94.4 cm³/mol. The molecule has 0 aliphatic heterocycles. The minimum Gasteiger partial charge on any atom is -0.391 e. The van der Waals surface area contributed by atoms with E-state index in [-0.39, 0.29) is 0 Å². The summed E-state index contributed by atoms with van der Waals surface area (Å²) in [6, 6.07) is 12.1. The van der Waals surface area contributed by atoms with Gasteiger partial charge in [0.25, 0.3) is 0 Å². The zero-order valence-corrected chi connectivity index (χ0v) is 13.9. The van der Waals surface area contributed by atoms with Crippen LogP contribution in [0.15, 0.2) is 53.8 Å². The standard InChI is InChI=1S/C18H26N4O/c1-3-19-18(20-12-16-9-10-22(2)14-16)21-13-17(23)11-15-7-5-4-6-8-15/h4-10,14,17,23H,3,11-13H2,1-2H3,(H2,19,20,21). The van der Waals surface area contributed by atoms with Crippen molar-refractivity contribution < 1.29 is 5.11 Å². The Bertz CT molecular complexity index is 606. The van der Waals surface area contributed by atoms with Crippen molar-refractivity contribution in [1.82, 2.24) is 15.2 Å². The van der Waals surface area contributed by atoms with Crippen LogP contribution in [0, 0.1) is 0 Å². The second kappa shape index (κ2) is 9.00. The number of aryl methyl sites for hydroxylation is 1. The third-order valence-corrected chi connectivity index (χ3v) is 3.48. The van der Waals surface area contributed by atoms with Crippen LogP contribution in [0.5, 0.6) is 0 Å². The first kappa shape index (κ1) is 17.1. The number of guanidine groups is 1. The minimum absolute atomic E-state index is 0.446. The second-order valence-corrected chi connectivity index (χ2v) is 5.60. The molecule has 0 fully saturated rings. The molecule has 0 saturated heterocycles. The maximum Gasteiger partial charge on any atom is 0.191 e. The van der Waals surface area contributed by atoms with E-state index in [1.54, 1.807) is 0 Å². The molecular formula is C18H26N4O. The van der Waals surface area contributed by atoms with Gasteiger partial charge in [-0.15, -0.1) is 0 Å². The first-order valence-electron chi connectivity index (χ1n) is 8.02. The number of aliphatic hydroxyl groups is 1. The molecule has 1 aromatic heterocycles. The van der Waals surface area contributed by atoms with Crippen molar-refractivity contribution in [3.63, 3.8) is 0 Å². The van der Waals surface area contributed by atoms with E-state index >= 15 is 0 Å². The van der Waals surface area contributed by atoms with Crippen LogP contribution in [-0.2, 0) is 20.0 Å². The molecule has 2 aromatic rings. The molecule has 0 aliphatic carbocycles. The van der Waals surface area contributed by atoms with Crippen molar-refractivity contribution in [3.8, 4) is 0 Å². The summed E-state index contributed by atoms with van der Waals surface area (Å²) in [7, 11) is 2.00. The summed E-state index contributed by atoms with van der Waals surface area (Å²) in [4.78, 5) is 4.55. The molecule has 0 radical (unpaired) electrons. The van der Waals surface area contributed by atoms with Crippen LogP contribution in [-0.4, -0.2) is 34.8 Å². The lowest BCUT2D eigenvalue weighted by Gasteiger charge is -2.15. The molecule has 3 N–H and O–H groups in total. The lowest BCUT2D eigenvalue weighted by atomic mass is 10.1. The average Bonchev–Trinajstić information content (AvgIpc) is 2.96. The molecule has 5 heteroatoms. The number of aliphatic hydroxyl groups excluding tert-OH is 1. The Morgan fingerprint density at radius 1 is 1.17 bits per heavy atom. The van der Waals surface area contributed by atoms with E-state index in [9.17, 15) is 5.11 Å². The molecule has 1 atom stereocenters. The molecule has 2 rings (SSSR count). The number of rotatable bonds is 7. The third-order valence-electron chi connectivity index (χ3n) is 3.48. The first-order valence-corrected chi connectivity index (χ1v) is 8.02. The van der Waals surface area contributed by atoms with Crippen LogP contribution in [0.4, 0.5) is 0 Å². The maximum absolute atomic E-state index is 10.2. The van der Waals surface area contributed by atoms with Gasteiger partial charge in [-0.2, -0.15) is 0 Å². The Kier molecular flexibility index (Phi) is 6.69. The molecule has 0 spiro atoms. The summed E-state index contributed by atoms with van der Waals surface area (Å²) in [6.07, 6.45) is 4.25. The van der Waals surface area contributed by atoms with Gasteiger partial charge in [-0.05, 0) is 24.1 Å². The highest BCUT2D eigenvalue weighted by Gasteiger charge is 2.07. The normalized spacial score (nSPS) is 12.9. The number of benzene rings is 1. The largest absolute Gasteiger partial charge is 0.391 e. The lowest BCUT2D eigenvalue weighted by molar-refractivity contribution is 0.177. The van der Waals surface area contributed by atoms with Gasteiger partial charge in [-0.25, -0.2) is 4.99 Å². The molecular weight excluding hydrogens is 288 g/mol. The van der Waals surface area contributed by atoms with Gasteiger partial charge in [-0.1, -0.05) is 30.3 Å². The fourth-order valence-electron chi connectivity index (χ4n) is 2.34. The zero-order valence-electron chi connectivity index (χ0n) is 13.9. The summed E-state index contributed by atoms with van der Waals surface area (Å²) in [5, 5.41) is 16.6. The van der Waals surface area contributed by atoms with Gasteiger partial charge in [0.15, 0.2) is 5.96 Å². The van der Waals surface area contributed by atoms with E-state index in [1.807, 2.05) is 55.1 Å². The number of aliphatic imine (C=N–C) groups is 1. The molecule has 23 heavy (non-hydrogen) atoms. The Balaban J connectivity index is 1.83. The Morgan fingerprint density at radius 2 is 1.96 bits per heavy atom. The minimum atomic E-state index is -0.446. The fourth-order valence-corrected chi connectivity index (χ4v) is 2.34. The van der Waals surface area contributed by atoms with E-state index in [4.69, 9.17) is 0 Å². The first-order chi connectivity index (χ1) is 11.2. The molecule has 5 nitrogen and oxygen atoms in total. The maximum atomic E-state index is 10.2. The van der Waals surface area contributed by atoms with E-state index in [1.165, 1.54) is 0 Å². The molecule has 1 heterocycles. The topological polar surface area (TPSA) is 61.6 Å². The summed E-state index contributed by atoms with van der Waals surface area (Å²) in [6.45, 7) is 3.90. The van der Waals surface area contributed by atoms with Crippen LogP contribution < -0.4 is 10.6 Å². The number of nitrogens with one attached hydrogen (secondary N) is 2. The van der Waals surface area contributed by atoms with Crippen LogP contribution in [0.25, 0.3) is 0 Å². The molecule has 0 aliphatic rings. The summed E-state index contributed by atoms with van der Waals surface area (Å²) >= 11 is 0. The number of hydrogen-bond acceptors (Lipinski definition) is 2. The predicted octanol–water partition coefficient (Wildman–Crippen LogP) is 1.68. The van der Waals surface area contributed by atoms with Gasteiger partial charge in [0.1, 0.15) is 0 Å². The van der Waals surface area contributed by atoms with E-state index in [0.29, 0.717) is 19.5 Å². The highest BCUT2D eigenvalue weighted by Crippen LogP contribution is 2.03. The number of hydrogen-bond donors (Lipinski definition) is 3. The average molecular weight is 314 g/mol. The van der Waals surface area contributed by atoms with Crippen molar-refractivity contribution in [3.05, 3.63) is 59.9 Å². The summed E-state index contributed by atoms with van der Waals surface area (Å²) in [5.74, 6) is 0.725. The highest BCUT2D eigenvalue weighted by atomic mass is 16.3. The smallest absolute Gasteiger partial charge is 0.191 e. The van der Waals surface area contributed by atoms with E-state index in [2.05, 4.69) is 27.9 Å². The molecule has 124 valence electrons.